The van der Waals surface area contributed by atoms with Crippen LogP contribution < -0.4 is 5.56 Å². The summed E-state index contributed by atoms with van der Waals surface area (Å²) in [7, 11) is -3.17. The van der Waals surface area contributed by atoms with Gasteiger partial charge in [-0.2, -0.15) is 0 Å². The van der Waals surface area contributed by atoms with Crippen LogP contribution in [-0.2, 0) is 29.7 Å². The molecule has 0 radical (unpaired) electrons. The lowest BCUT2D eigenvalue weighted by atomic mass is 10.4. The van der Waals surface area contributed by atoms with Gasteiger partial charge in [0.1, 0.15) is 6.61 Å². The number of carbonyl (C=O) groups excluding carboxylic acids is 1. The van der Waals surface area contributed by atoms with Gasteiger partial charge in [0, 0.05) is 26.2 Å². The predicted octanol–water partition coefficient (Wildman–Crippen LogP) is 0.861. The van der Waals surface area contributed by atoms with E-state index in [0.717, 1.165) is 0 Å². The molecule has 156 valence electrons. The fourth-order valence-corrected chi connectivity index (χ4v) is 4.34. The quantitative estimate of drug-likeness (QED) is 0.271. The minimum Gasteiger partial charge on any atom is -0.467 e. The summed E-state index contributed by atoms with van der Waals surface area (Å²) in [6.07, 6.45) is 3.11. The molecule has 2 aromatic rings. The highest BCUT2D eigenvalue weighted by atomic mass is 31.2. The molecule has 0 unspecified atom stereocenters. The van der Waals surface area contributed by atoms with Gasteiger partial charge in [0.25, 0.3) is 12.0 Å². The molecular weight excluding hydrogens is 389 g/mol. The van der Waals surface area contributed by atoms with Crippen molar-refractivity contribution in [3.63, 3.8) is 0 Å². The van der Waals surface area contributed by atoms with Crippen LogP contribution in [0.1, 0.15) is 13.8 Å². The number of nitrogens with zero attached hydrogens (tertiary/aromatic N) is 4. The molecule has 0 saturated carbocycles. The molecule has 0 bridgehead atoms. The molecule has 12 heteroatoms. The number of carbonyl (C=O) groups is 1. The Hall–Kier alpha value is -2.07. The lowest BCUT2D eigenvalue weighted by Gasteiger charge is -2.24. The normalized spacial score (nSPS) is 12.0. The smallest absolute Gasteiger partial charge is 0.331 e. The van der Waals surface area contributed by atoms with E-state index in [4.69, 9.17) is 13.8 Å². The Balaban J connectivity index is 2.03. The van der Waals surface area contributed by atoms with E-state index < -0.39 is 7.60 Å². The fourth-order valence-electron chi connectivity index (χ4n) is 2.69. The van der Waals surface area contributed by atoms with Gasteiger partial charge in [0.15, 0.2) is 11.2 Å². The number of aromatic nitrogens is 4. The highest BCUT2D eigenvalue weighted by Gasteiger charge is 2.24. The van der Waals surface area contributed by atoms with Gasteiger partial charge in [-0.1, -0.05) is 0 Å². The molecule has 2 rings (SSSR count). The first-order valence-electron chi connectivity index (χ1n) is 9.07. The predicted molar refractivity (Wildman–Crippen MR) is 102 cm³/mol. The molecule has 0 saturated heterocycles. The largest absolute Gasteiger partial charge is 0.467 e. The van der Waals surface area contributed by atoms with E-state index in [2.05, 4.69) is 15.0 Å². The number of aromatic amines is 1. The number of rotatable bonds is 14. The number of H-pyrrole nitrogens is 1. The second-order valence-electron chi connectivity index (χ2n) is 5.82. The van der Waals surface area contributed by atoms with Gasteiger partial charge in [0.05, 0.1) is 32.0 Å². The van der Waals surface area contributed by atoms with Crippen LogP contribution in [0.5, 0.6) is 0 Å². The third kappa shape index (κ3) is 6.23. The van der Waals surface area contributed by atoms with Crippen LogP contribution in [0.3, 0.4) is 0 Å². The molecule has 0 amide bonds. The number of fused-ring (bicyclic) bond motifs is 1. The monoisotopic (exact) mass is 415 g/mol. The molecule has 28 heavy (non-hydrogen) atoms. The lowest BCUT2D eigenvalue weighted by molar-refractivity contribution is -0.129. The van der Waals surface area contributed by atoms with Crippen molar-refractivity contribution < 1.29 is 23.1 Å². The maximum absolute atomic E-state index is 12.7. The Bertz CT molecular complexity index is 843. The van der Waals surface area contributed by atoms with Crippen LogP contribution in [0.4, 0.5) is 0 Å². The minimum atomic E-state index is -3.17. The minimum absolute atomic E-state index is 0.208. The number of hydrogen-bond acceptors (Lipinski definition) is 9. The number of hydrogen-bond donors (Lipinski definition) is 1. The molecule has 0 aromatic carbocycles. The first kappa shape index (κ1) is 22.2. The zero-order valence-electron chi connectivity index (χ0n) is 16.1. The second kappa shape index (κ2) is 11.1. The average Bonchev–Trinajstić information content (AvgIpc) is 3.08. The third-order valence-electron chi connectivity index (χ3n) is 4.00. The van der Waals surface area contributed by atoms with Crippen LogP contribution in [0.25, 0.3) is 11.2 Å². The summed E-state index contributed by atoms with van der Waals surface area (Å²) < 4.78 is 29.9. The molecule has 0 fully saturated rings. The highest BCUT2D eigenvalue weighted by Crippen LogP contribution is 2.47. The molecule has 0 spiro atoms. The molecule has 0 aliphatic rings. The standard InChI is InChI=1S/C16H26N5O6P/c1-3-26-28(24,27-4-2)10-8-20(7-9-25-13-22)5-6-21-12-19-14-15(21)17-11-18-16(14)23/h11-13H,3-10H2,1-2H3,(H,17,18,23). The molecule has 2 aromatic heterocycles. The summed E-state index contributed by atoms with van der Waals surface area (Å²) >= 11 is 0. The summed E-state index contributed by atoms with van der Waals surface area (Å²) in [5, 5.41) is 0. The van der Waals surface area contributed by atoms with Crippen molar-refractivity contribution in [2.45, 2.75) is 20.4 Å². The molecule has 0 atom stereocenters. The second-order valence-corrected chi connectivity index (χ2v) is 8.01. The third-order valence-corrected chi connectivity index (χ3v) is 6.05. The summed E-state index contributed by atoms with van der Waals surface area (Å²) in [5.74, 6) is 0. The van der Waals surface area contributed by atoms with E-state index in [9.17, 15) is 14.2 Å². The Morgan fingerprint density at radius 2 is 1.96 bits per heavy atom. The number of imidazole rings is 1. The molecule has 1 N–H and O–H groups in total. The first-order valence-corrected chi connectivity index (χ1v) is 10.8. The number of nitrogens with one attached hydrogen (secondary N) is 1. The average molecular weight is 415 g/mol. The van der Waals surface area contributed by atoms with E-state index in [0.29, 0.717) is 51.5 Å². The van der Waals surface area contributed by atoms with Gasteiger partial charge in [-0.15, -0.1) is 0 Å². The van der Waals surface area contributed by atoms with Crippen LogP contribution in [0.2, 0.25) is 0 Å². The maximum atomic E-state index is 12.7. The summed E-state index contributed by atoms with van der Waals surface area (Å²) in [5.41, 5.74) is 0.465. The molecule has 11 nitrogen and oxygen atoms in total. The van der Waals surface area contributed by atoms with E-state index in [1.807, 2.05) is 4.90 Å². The van der Waals surface area contributed by atoms with E-state index >= 15 is 0 Å². The van der Waals surface area contributed by atoms with E-state index in [-0.39, 0.29) is 23.8 Å². The Labute approximate surface area is 162 Å². The van der Waals surface area contributed by atoms with Crippen molar-refractivity contribution in [3.8, 4) is 0 Å². The van der Waals surface area contributed by atoms with Gasteiger partial charge in [0.2, 0.25) is 0 Å². The molecule has 0 aliphatic carbocycles. The first-order chi connectivity index (χ1) is 13.5. The summed E-state index contributed by atoms with van der Waals surface area (Å²) in [6, 6.07) is 0. The van der Waals surface area contributed by atoms with E-state index in [1.165, 1.54) is 6.33 Å². The Morgan fingerprint density at radius 3 is 2.64 bits per heavy atom. The lowest BCUT2D eigenvalue weighted by Crippen LogP contribution is -2.33. The number of ether oxygens (including phenoxy) is 1. The van der Waals surface area contributed by atoms with Gasteiger partial charge in [-0.05, 0) is 13.8 Å². The zero-order chi connectivity index (χ0) is 20.4. The fraction of sp³-hybridized carbons (Fsp3) is 0.625. The Kier molecular flexibility index (Phi) is 8.78. The van der Waals surface area contributed by atoms with Gasteiger partial charge in [-0.25, -0.2) is 9.97 Å². The van der Waals surface area contributed by atoms with Crippen LogP contribution in [0, 0.1) is 0 Å². The van der Waals surface area contributed by atoms with Crippen LogP contribution in [-0.4, -0.2) is 76.5 Å². The molecule has 0 aliphatic heterocycles. The van der Waals surface area contributed by atoms with Crippen molar-refractivity contribution >= 4 is 25.2 Å². The topological polar surface area (TPSA) is 129 Å². The molecular formula is C16H26N5O6P. The zero-order valence-corrected chi connectivity index (χ0v) is 17.0. The van der Waals surface area contributed by atoms with Crippen molar-refractivity contribution in [2.24, 2.45) is 0 Å². The van der Waals surface area contributed by atoms with Gasteiger partial charge in [-0.3, -0.25) is 19.1 Å². The maximum Gasteiger partial charge on any atom is 0.331 e. The van der Waals surface area contributed by atoms with Crippen molar-refractivity contribution in [3.05, 3.63) is 23.0 Å². The van der Waals surface area contributed by atoms with Crippen molar-refractivity contribution in [1.82, 2.24) is 24.4 Å². The SMILES string of the molecule is CCOP(=O)(CCN(CCOC=O)CCn1cnc2c(=O)[nH]cnc21)OCC. The summed E-state index contributed by atoms with van der Waals surface area (Å²) in [6.45, 7) is 6.66. The van der Waals surface area contributed by atoms with E-state index in [1.54, 1.807) is 24.7 Å². The van der Waals surface area contributed by atoms with Crippen LogP contribution in [0.15, 0.2) is 17.4 Å². The summed E-state index contributed by atoms with van der Waals surface area (Å²) in [4.78, 5) is 34.9. The van der Waals surface area contributed by atoms with Gasteiger partial charge >= 0.3 is 7.60 Å². The highest BCUT2D eigenvalue weighted by molar-refractivity contribution is 7.53. The van der Waals surface area contributed by atoms with Crippen molar-refractivity contribution in [2.75, 3.05) is 45.6 Å². The molecule has 2 heterocycles. The van der Waals surface area contributed by atoms with Gasteiger partial charge < -0.3 is 23.3 Å². The Morgan fingerprint density at radius 1 is 1.21 bits per heavy atom. The van der Waals surface area contributed by atoms with Crippen molar-refractivity contribution in [1.29, 1.82) is 0 Å². The van der Waals surface area contributed by atoms with Crippen LogP contribution >= 0.6 is 7.60 Å².